The van der Waals surface area contributed by atoms with Gasteiger partial charge in [-0.05, 0) is 28.8 Å². The molecule has 2 heterocycles. The Kier molecular flexibility index (Phi) is 2.96. The molecule has 0 bridgehead atoms. The summed E-state index contributed by atoms with van der Waals surface area (Å²) in [4.78, 5) is 4.24. The highest BCUT2D eigenvalue weighted by Gasteiger charge is 2.11. The molecule has 0 aliphatic heterocycles. The molecule has 0 fully saturated rings. The molecule has 0 saturated heterocycles. The SMILES string of the molecule is Cc1cscc1C(N)Cc1nccs1. The summed E-state index contributed by atoms with van der Waals surface area (Å²) < 4.78 is 0. The third-order valence-corrected chi connectivity index (χ3v) is 3.85. The van der Waals surface area contributed by atoms with Crippen molar-refractivity contribution in [1.29, 1.82) is 0 Å². The van der Waals surface area contributed by atoms with Gasteiger partial charge < -0.3 is 5.73 Å². The number of nitrogens with two attached hydrogens (primary N) is 1. The standard InChI is InChI=1S/C10H12N2S2/c1-7-5-13-6-8(7)9(11)4-10-12-2-3-14-10/h2-3,5-6,9H,4,11H2,1H3. The molecular formula is C10H12N2S2. The lowest BCUT2D eigenvalue weighted by Gasteiger charge is -2.09. The summed E-state index contributed by atoms with van der Waals surface area (Å²) in [6.07, 6.45) is 2.67. The fraction of sp³-hybridized carbons (Fsp3) is 0.300. The minimum absolute atomic E-state index is 0.0902. The van der Waals surface area contributed by atoms with E-state index >= 15 is 0 Å². The van der Waals surface area contributed by atoms with Gasteiger partial charge in [-0.2, -0.15) is 11.3 Å². The Hall–Kier alpha value is -0.710. The summed E-state index contributed by atoms with van der Waals surface area (Å²) in [5.41, 5.74) is 8.65. The van der Waals surface area contributed by atoms with Gasteiger partial charge in [0.2, 0.25) is 0 Å². The largest absolute Gasteiger partial charge is 0.324 e. The molecule has 14 heavy (non-hydrogen) atoms. The minimum atomic E-state index is 0.0902. The molecule has 2 nitrogen and oxygen atoms in total. The second kappa shape index (κ2) is 4.21. The fourth-order valence-corrected chi connectivity index (χ4v) is 2.99. The van der Waals surface area contributed by atoms with Crippen LogP contribution in [0.1, 0.15) is 22.2 Å². The van der Waals surface area contributed by atoms with E-state index in [1.54, 1.807) is 22.7 Å². The van der Waals surface area contributed by atoms with Crippen LogP contribution >= 0.6 is 22.7 Å². The van der Waals surface area contributed by atoms with Crippen LogP contribution in [0.4, 0.5) is 0 Å². The van der Waals surface area contributed by atoms with Gasteiger partial charge in [0.25, 0.3) is 0 Å². The molecule has 1 atom stereocenters. The van der Waals surface area contributed by atoms with Crippen LogP contribution in [0.3, 0.4) is 0 Å². The van der Waals surface area contributed by atoms with E-state index in [-0.39, 0.29) is 6.04 Å². The third kappa shape index (κ3) is 2.03. The van der Waals surface area contributed by atoms with E-state index in [0.29, 0.717) is 0 Å². The molecule has 2 aromatic heterocycles. The van der Waals surface area contributed by atoms with Crippen molar-refractivity contribution in [3.63, 3.8) is 0 Å². The second-order valence-electron chi connectivity index (χ2n) is 3.25. The van der Waals surface area contributed by atoms with Gasteiger partial charge in [0.1, 0.15) is 0 Å². The lowest BCUT2D eigenvalue weighted by Crippen LogP contribution is -2.13. The first-order chi connectivity index (χ1) is 6.77. The number of nitrogens with zero attached hydrogens (tertiary/aromatic N) is 1. The predicted octanol–water partition coefficient (Wildman–Crippen LogP) is 2.76. The molecule has 74 valence electrons. The molecule has 0 amide bonds. The second-order valence-corrected chi connectivity index (χ2v) is 4.97. The van der Waals surface area contributed by atoms with Crippen LogP contribution in [-0.2, 0) is 6.42 Å². The van der Waals surface area contributed by atoms with Crippen molar-refractivity contribution >= 4 is 22.7 Å². The van der Waals surface area contributed by atoms with E-state index in [0.717, 1.165) is 11.4 Å². The molecule has 0 saturated carbocycles. The van der Waals surface area contributed by atoms with Gasteiger partial charge in [-0.1, -0.05) is 0 Å². The van der Waals surface area contributed by atoms with Gasteiger partial charge in [0.05, 0.1) is 5.01 Å². The highest BCUT2D eigenvalue weighted by Crippen LogP contribution is 2.23. The number of thiazole rings is 1. The Morgan fingerprint density at radius 2 is 2.36 bits per heavy atom. The van der Waals surface area contributed by atoms with Crippen molar-refractivity contribution in [2.24, 2.45) is 5.73 Å². The summed E-state index contributed by atoms with van der Waals surface area (Å²) in [6.45, 7) is 2.10. The zero-order chi connectivity index (χ0) is 9.97. The maximum atomic E-state index is 6.10. The van der Waals surface area contributed by atoms with Crippen molar-refractivity contribution in [3.05, 3.63) is 38.5 Å². The maximum absolute atomic E-state index is 6.10. The van der Waals surface area contributed by atoms with E-state index in [9.17, 15) is 0 Å². The molecule has 2 aromatic rings. The average molecular weight is 224 g/mol. The third-order valence-electron chi connectivity index (χ3n) is 2.17. The first-order valence-corrected chi connectivity index (χ1v) is 6.26. The first-order valence-electron chi connectivity index (χ1n) is 4.44. The average Bonchev–Trinajstić information content (AvgIpc) is 2.75. The van der Waals surface area contributed by atoms with Crippen LogP contribution in [-0.4, -0.2) is 4.98 Å². The minimum Gasteiger partial charge on any atom is -0.324 e. The van der Waals surface area contributed by atoms with Gasteiger partial charge in [0.15, 0.2) is 0 Å². The number of aryl methyl sites for hydroxylation is 1. The quantitative estimate of drug-likeness (QED) is 0.870. The number of aromatic nitrogens is 1. The van der Waals surface area contributed by atoms with E-state index in [1.165, 1.54) is 11.1 Å². The highest BCUT2D eigenvalue weighted by atomic mass is 32.1. The summed E-state index contributed by atoms with van der Waals surface area (Å²) in [6, 6.07) is 0.0902. The van der Waals surface area contributed by atoms with E-state index in [1.807, 2.05) is 11.6 Å². The smallest absolute Gasteiger partial charge is 0.0943 e. The lowest BCUT2D eigenvalue weighted by atomic mass is 10.1. The molecule has 0 aliphatic rings. The van der Waals surface area contributed by atoms with E-state index in [2.05, 4.69) is 22.7 Å². The van der Waals surface area contributed by atoms with Crippen molar-refractivity contribution < 1.29 is 0 Å². The van der Waals surface area contributed by atoms with Crippen LogP contribution in [0, 0.1) is 6.92 Å². The van der Waals surface area contributed by atoms with E-state index in [4.69, 9.17) is 5.73 Å². The van der Waals surface area contributed by atoms with Gasteiger partial charge in [-0.25, -0.2) is 4.98 Å². The van der Waals surface area contributed by atoms with Gasteiger partial charge in [0, 0.05) is 24.0 Å². The number of thiophene rings is 1. The van der Waals surface area contributed by atoms with Crippen molar-refractivity contribution in [2.45, 2.75) is 19.4 Å². The predicted molar refractivity (Wildman–Crippen MR) is 61.8 cm³/mol. The van der Waals surface area contributed by atoms with Crippen LogP contribution in [0.2, 0.25) is 0 Å². The summed E-state index contributed by atoms with van der Waals surface area (Å²) in [7, 11) is 0. The summed E-state index contributed by atoms with van der Waals surface area (Å²) in [5, 5.41) is 7.37. The zero-order valence-electron chi connectivity index (χ0n) is 7.93. The monoisotopic (exact) mass is 224 g/mol. The van der Waals surface area contributed by atoms with Crippen LogP contribution in [0.5, 0.6) is 0 Å². The molecule has 2 rings (SSSR count). The zero-order valence-corrected chi connectivity index (χ0v) is 9.57. The molecule has 0 aromatic carbocycles. The number of rotatable bonds is 3. The molecule has 0 radical (unpaired) electrons. The van der Waals surface area contributed by atoms with Gasteiger partial charge in [-0.15, -0.1) is 11.3 Å². The summed E-state index contributed by atoms with van der Waals surface area (Å²) >= 11 is 3.38. The van der Waals surface area contributed by atoms with Gasteiger partial charge in [-0.3, -0.25) is 0 Å². The topological polar surface area (TPSA) is 38.9 Å². The van der Waals surface area contributed by atoms with E-state index < -0.39 is 0 Å². The van der Waals surface area contributed by atoms with Crippen molar-refractivity contribution in [2.75, 3.05) is 0 Å². The Bertz CT molecular complexity index is 392. The molecule has 1 unspecified atom stereocenters. The van der Waals surface area contributed by atoms with Gasteiger partial charge >= 0.3 is 0 Å². The van der Waals surface area contributed by atoms with Crippen LogP contribution in [0.25, 0.3) is 0 Å². The Balaban J connectivity index is 2.10. The van der Waals surface area contributed by atoms with Crippen molar-refractivity contribution in [1.82, 2.24) is 4.98 Å². The van der Waals surface area contributed by atoms with Crippen LogP contribution < -0.4 is 5.73 Å². The molecule has 0 aliphatic carbocycles. The Labute approximate surface area is 91.4 Å². The number of hydrogen-bond donors (Lipinski definition) is 1. The Morgan fingerprint density at radius 3 is 2.93 bits per heavy atom. The maximum Gasteiger partial charge on any atom is 0.0943 e. The molecular weight excluding hydrogens is 212 g/mol. The number of hydrogen-bond acceptors (Lipinski definition) is 4. The normalized spacial score (nSPS) is 13.0. The molecule has 0 spiro atoms. The lowest BCUT2D eigenvalue weighted by molar-refractivity contribution is 0.716. The molecule has 4 heteroatoms. The fourth-order valence-electron chi connectivity index (χ4n) is 1.40. The first kappa shape index (κ1) is 9.83. The Morgan fingerprint density at radius 1 is 1.50 bits per heavy atom. The molecule has 2 N–H and O–H groups in total. The highest BCUT2D eigenvalue weighted by molar-refractivity contribution is 7.09. The summed E-state index contributed by atoms with van der Waals surface area (Å²) in [5.74, 6) is 0. The van der Waals surface area contributed by atoms with Crippen molar-refractivity contribution in [3.8, 4) is 0 Å². The van der Waals surface area contributed by atoms with Crippen LogP contribution in [0.15, 0.2) is 22.3 Å².